The number of halogens is 3. The van der Waals surface area contributed by atoms with Crippen LogP contribution in [0, 0.1) is 0 Å². The van der Waals surface area contributed by atoms with Gasteiger partial charge in [0.05, 0.1) is 5.69 Å². The summed E-state index contributed by atoms with van der Waals surface area (Å²) in [7, 11) is 0. The van der Waals surface area contributed by atoms with Crippen LogP contribution in [0.3, 0.4) is 0 Å². The van der Waals surface area contributed by atoms with Gasteiger partial charge in [0.15, 0.2) is 5.75 Å². The summed E-state index contributed by atoms with van der Waals surface area (Å²) in [6.45, 7) is -0.644. The number of nitrogens with zero attached hydrogens (tertiary/aromatic N) is 1. The summed E-state index contributed by atoms with van der Waals surface area (Å²) in [5.41, 5.74) is 0.185. The van der Waals surface area contributed by atoms with E-state index in [4.69, 9.17) is 0 Å². The standard InChI is InChI=1S/C20H16F3N3O4/c21-20(22,23)30-15-8-4-3-7-14(15)24-16(27)11-26-17(28)19(25-18(26)29)10-9-12-5-1-2-6-13(12)19/h1-8H,9-11H2,(H,24,27)(H,25,29)/t19-/m1/s1. The SMILES string of the molecule is O=C(CN1C(=O)N[C@@]2(CCc3ccccc32)C1=O)Nc1ccccc1OC(F)(F)F. The average molecular weight is 419 g/mol. The lowest BCUT2D eigenvalue weighted by molar-refractivity contribution is -0.274. The molecule has 1 aliphatic carbocycles. The van der Waals surface area contributed by atoms with Crippen molar-refractivity contribution in [2.45, 2.75) is 24.7 Å². The van der Waals surface area contributed by atoms with E-state index >= 15 is 0 Å². The molecule has 2 N–H and O–H groups in total. The van der Waals surface area contributed by atoms with Gasteiger partial charge in [-0.15, -0.1) is 13.2 Å². The zero-order valence-electron chi connectivity index (χ0n) is 15.5. The molecule has 1 saturated heterocycles. The minimum absolute atomic E-state index is 0.229. The van der Waals surface area contributed by atoms with Crippen molar-refractivity contribution in [2.75, 3.05) is 11.9 Å². The summed E-state index contributed by atoms with van der Waals surface area (Å²) in [5.74, 6) is -2.00. The monoisotopic (exact) mass is 419 g/mol. The van der Waals surface area contributed by atoms with Crippen molar-refractivity contribution in [1.29, 1.82) is 0 Å². The van der Waals surface area contributed by atoms with E-state index in [-0.39, 0.29) is 5.69 Å². The number of carbonyl (C=O) groups excluding carboxylic acids is 3. The number of aryl methyl sites for hydroxylation is 1. The first-order chi connectivity index (χ1) is 14.2. The van der Waals surface area contributed by atoms with E-state index in [1.54, 1.807) is 12.1 Å². The molecule has 0 unspecified atom stereocenters. The van der Waals surface area contributed by atoms with Gasteiger partial charge in [-0.05, 0) is 36.1 Å². The molecule has 4 amide bonds. The van der Waals surface area contributed by atoms with Gasteiger partial charge in [-0.1, -0.05) is 36.4 Å². The third kappa shape index (κ3) is 3.44. The molecule has 7 nitrogen and oxygen atoms in total. The van der Waals surface area contributed by atoms with Crippen molar-refractivity contribution in [3.05, 3.63) is 59.7 Å². The maximum atomic E-state index is 13.0. The highest BCUT2D eigenvalue weighted by Crippen LogP contribution is 2.41. The topological polar surface area (TPSA) is 87.7 Å². The molecule has 1 fully saturated rings. The van der Waals surface area contributed by atoms with Crippen LogP contribution in [0.4, 0.5) is 23.7 Å². The number of amides is 4. The van der Waals surface area contributed by atoms with Crippen LogP contribution in [-0.2, 0) is 21.5 Å². The predicted molar refractivity (Wildman–Crippen MR) is 98.4 cm³/mol. The highest BCUT2D eigenvalue weighted by molar-refractivity contribution is 6.11. The molecule has 0 saturated carbocycles. The van der Waals surface area contributed by atoms with Gasteiger partial charge in [0, 0.05) is 0 Å². The summed E-state index contributed by atoms with van der Waals surface area (Å²) in [4.78, 5) is 38.6. The Morgan fingerprint density at radius 3 is 2.60 bits per heavy atom. The Morgan fingerprint density at radius 2 is 1.83 bits per heavy atom. The molecule has 1 atom stereocenters. The molecule has 2 aromatic rings. The molecular weight excluding hydrogens is 403 g/mol. The van der Waals surface area contributed by atoms with Crippen molar-refractivity contribution in [3.63, 3.8) is 0 Å². The molecule has 1 heterocycles. The first kappa shape index (κ1) is 19.7. The zero-order chi connectivity index (χ0) is 21.5. The molecule has 0 radical (unpaired) electrons. The second-order valence-corrected chi connectivity index (χ2v) is 6.98. The summed E-state index contributed by atoms with van der Waals surface area (Å²) in [6, 6.07) is 11.5. The second kappa shape index (κ2) is 7.05. The largest absolute Gasteiger partial charge is 0.573 e. The van der Waals surface area contributed by atoms with Crippen molar-refractivity contribution in [2.24, 2.45) is 0 Å². The highest BCUT2D eigenvalue weighted by atomic mass is 19.4. The van der Waals surface area contributed by atoms with E-state index in [0.29, 0.717) is 18.4 Å². The van der Waals surface area contributed by atoms with Crippen molar-refractivity contribution in [3.8, 4) is 5.75 Å². The van der Waals surface area contributed by atoms with Gasteiger partial charge in [-0.25, -0.2) is 4.79 Å². The van der Waals surface area contributed by atoms with Crippen LogP contribution in [0.5, 0.6) is 5.75 Å². The van der Waals surface area contributed by atoms with E-state index < -0.39 is 42.0 Å². The van der Waals surface area contributed by atoms with Crippen LogP contribution in [0.1, 0.15) is 17.5 Å². The minimum atomic E-state index is -4.94. The quantitative estimate of drug-likeness (QED) is 0.746. The van der Waals surface area contributed by atoms with Crippen LogP contribution in [0.2, 0.25) is 0 Å². The molecule has 0 bridgehead atoms. The molecule has 2 aromatic carbocycles. The molecule has 30 heavy (non-hydrogen) atoms. The van der Waals surface area contributed by atoms with Gasteiger partial charge in [0.2, 0.25) is 5.91 Å². The lowest BCUT2D eigenvalue weighted by atomic mass is 9.92. The molecule has 1 spiro atoms. The Labute approximate surface area is 168 Å². The van der Waals surface area contributed by atoms with Gasteiger partial charge in [0.1, 0.15) is 12.1 Å². The summed E-state index contributed by atoms with van der Waals surface area (Å²) in [6.07, 6.45) is -3.96. The Hall–Kier alpha value is -3.56. The number of imide groups is 1. The van der Waals surface area contributed by atoms with E-state index in [2.05, 4.69) is 15.4 Å². The number of ether oxygens (including phenoxy) is 1. The number of benzene rings is 2. The molecule has 10 heteroatoms. The number of rotatable bonds is 4. The zero-order valence-corrected chi connectivity index (χ0v) is 15.5. The van der Waals surface area contributed by atoms with Gasteiger partial charge < -0.3 is 15.4 Å². The first-order valence-electron chi connectivity index (χ1n) is 9.07. The van der Waals surface area contributed by atoms with Crippen LogP contribution in [-0.4, -0.2) is 35.7 Å². The number of anilines is 1. The Balaban J connectivity index is 1.50. The van der Waals surface area contributed by atoms with Crippen molar-refractivity contribution < 1.29 is 32.3 Å². The number of fused-ring (bicyclic) bond motifs is 2. The summed E-state index contributed by atoms with van der Waals surface area (Å²) >= 11 is 0. The van der Waals surface area contributed by atoms with E-state index in [1.165, 1.54) is 18.2 Å². The normalized spacial score (nSPS) is 20.3. The third-order valence-corrected chi connectivity index (χ3v) is 5.11. The third-order valence-electron chi connectivity index (χ3n) is 5.11. The molecule has 0 aromatic heterocycles. The van der Waals surface area contributed by atoms with E-state index in [1.807, 2.05) is 12.1 Å². The molecular formula is C20H16F3N3O4. The fourth-order valence-electron chi connectivity index (χ4n) is 3.85. The average Bonchev–Trinajstić information content (AvgIpc) is 3.16. The summed E-state index contributed by atoms with van der Waals surface area (Å²) in [5, 5.41) is 4.94. The molecule has 156 valence electrons. The number of para-hydroxylation sites is 2. The van der Waals surface area contributed by atoms with Crippen molar-refractivity contribution in [1.82, 2.24) is 10.2 Å². The number of hydrogen-bond acceptors (Lipinski definition) is 4. The first-order valence-corrected chi connectivity index (χ1v) is 9.07. The maximum Gasteiger partial charge on any atom is 0.573 e. The molecule has 1 aliphatic heterocycles. The Morgan fingerprint density at radius 1 is 1.13 bits per heavy atom. The number of alkyl halides is 3. The van der Waals surface area contributed by atoms with Crippen LogP contribution in [0.25, 0.3) is 0 Å². The lowest BCUT2D eigenvalue weighted by Gasteiger charge is -2.22. The van der Waals surface area contributed by atoms with E-state index in [9.17, 15) is 27.6 Å². The number of carbonyl (C=O) groups is 3. The van der Waals surface area contributed by atoms with Gasteiger partial charge in [0.25, 0.3) is 5.91 Å². The highest BCUT2D eigenvalue weighted by Gasteiger charge is 2.55. The number of urea groups is 1. The van der Waals surface area contributed by atoms with Crippen LogP contribution >= 0.6 is 0 Å². The van der Waals surface area contributed by atoms with Crippen LogP contribution < -0.4 is 15.4 Å². The fourth-order valence-corrected chi connectivity index (χ4v) is 3.85. The second-order valence-electron chi connectivity index (χ2n) is 6.98. The van der Waals surface area contributed by atoms with Gasteiger partial charge in [-0.2, -0.15) is 0 Å². The predicted octanol–water partition coefficient (Wildman–Crippen LogP) is 2.92. The van der Waals surface area contributed by atoms with E-state index in [0.717, 1.165) is 16.5 Å². The Bertz CT molecular complexity index is 1040. The Kier molecular flexibility index (Phi) is 4.64. The lowest BCUT2D eigenvalue weighted by Crippen LogP contribution is -2.43. The van der Waals surface area contributed by atoms with Gasteiger partial charge in [-0.3, -0.25) is 14.5 Å². The van der Waals surface area contributed by atoms with Crippen LogP contribution in [0.15, 0.2) is 48.5 Å². The molecule has 2 aliphatic rings. The van der Waals surface area contributed by atoms with Crippen molar-refractivity contribution >= 4 is 23.5 Å². The fraction of sp³-hybridized carbons (Fsp3) is 0.250. The smallest absolute Gasteiger partial charge is 0.404 e. The molecule has 4 rings (SSSR count). The van der Waals surface area contributed by atoms with Gasteiger partial charge >= 0.3 is 12.4 Å². The number of hydrogen-bond donors (Lipinski definition) is 2. The summed E-state index contributed by atoms with van der Waals surface area (Å²) < 4.78 is 41.5. The maximum absolute atomic E-state index is 13.0. The minimum Gasteiger partial charge on any atom is -0.404 e. The number of nitrogens with one attached hydrogen (secondary N) is 2.